The molecule has 0 bridgehead atoms. The van der Waals surface area contributed by atoms with E-state index < -0.39 is 0 Å². The van der Waals surface area contributed by atoms with Crippen LogP contribution in [-0.4, -0.2) is 43.3 Å². The van der Waals surface area contributed by atoms with E-state index >= 15 is 0 Å². The molecule has 0 amide bonds. The summed E-state index contributed by atoms with van der Waals surface area (Å²) in [5.74, 6) is 1.45. The number of methoxy groups -OCH3 is 1. The molecule has 0 atom stereocenters. The van der Waals surface area contributed by atoms with E-state index in [2.05, 4.69) is 26.9 Å². The first-order valence-electron chi connectivity index (χ1n) is 9.09. The molecule has 4 heterocycles. The molecule has 0 aromatic carbocycles. The Hall–Kier alpha value is -2.38. The topological polar surface area (TPSA) is 71.9 Å². The fourth-order valence-electron chi connectivity index (χ4n) is 3.53. The Morgan fingerprint density at radius 2 is 2.19 bits per heavy atom. The molecule has 0 saturated carbocycles. The number of aromatic amines is 1. The molecular formula is C19H23ClN6O. The van der Waals surface area contributed by atoms with Gasteiger partial charge >= 0.3 is 0 Å². The van der Waals surface area contributed by atoms with Gasteiger partial charge in [-0.3, -0.25) is 9.58 Å². The van der Waals surface area contributed by atoms with Crippen molar-refractivity contribution >= 4 is 11.6 Å². The van der Waals surface area contributed by atoms with E-state index in [4.69, 9.17) is 21.3 Å². The first-order valence-corrected chi connectivity index (χ1v) is 9.47. The molecule has 1 aliphatic rings. The summed E-state index contributed by atoms with van der Waals surface area (Å²) in [6.45, 7) is 4.68. The van der Waals surface area contributed by atoms with E-state index in [1.807, 2.05) is 19.2 Å². The quantitative estimate of drug-likeness (QED) is 0.729. The SMILES string of the molecule is CCc1nn(C)c(Cl)c1CN1CCc2nc(-c3ccc(OC)nc3)[nH]c2C1. The lowest BCUT2D eigenvalue weighted by Crippen LogP contribution is -2.30. The summed E-state index contributed by atoms with van der Waals surface area (Å²) in [4.78, 5) is 14.9. The van der Waals surface area contributed by atoms with Crippen molar-refractivity contribution in [2.24, 2.45) is 7.05 Å². The lowest BCUT2D eigenvalue weighted by atomic mass is 10.1. The van der Waals surface area contributed by atoms with Crippen LogP contribution >= 0.6 is 11.6 Å². The molecule has 4 rings (SSSR count). The molecular weight excluding hydrogens is 364 g/mol. The van der Waals surface area contributed by atoms with Crippen LogP contribution in [0.25, 0.3) is 11.4 Å². The maximum absolute atomic E-state index is 6.46. The molecule has 0 radical (unpaired) electrons. The van der Waals surface area contributed by atoms with Gasteiger partial charge in [0, 0.05) is 56.5 Å². The van der Waals surface area contributed by atoms with Gasteiger partial charge in [0.2, 0.25) is 5.88 Å². The normalized spacial score (nSPS) is 14.4. The molecule has 1 aliphatic heterocycles. The largest absolute Gasteiger partial charge is 0.481 e. The van der Waals surface area contributed by atoms with Crippen LogP contribution in [0.5, 0.6) is 5.88 Å². The number of ether oxygens (including phenoxy) is 1. The van der Waals surface area contributed by atoms with Gasteiger partial charge in [-0.1, -0.05) is 18.5 Å². The van der Waals surface area contributed by atoms with Crippen molar-refractivity contribution in [3.8, 4) is 17.3 Å². The highest BCUT2D eigenvalue weighted by molar-refractivity contribution is 6.30. The van der Waals surface area contributed by atoms with Gasteiger partial charge in [0.05, 0.1) is 24.2 Å². The Kier molecular flexibility index (Phi) is 4.88. The third-order valence-electron chi connectivity index (χ3n) is 5.00. The number of rotatable bonds is 5. The average molecular weight is 387 g/mol. The van der Waals surface area contributed by atoms with Crippen LogP contribution in [-0.2, 0) is 33.0 Å². The highest BCUT2D eigenvalue weighted by atomic mass is 35.5. The number of imidazole rings is 1. The van der Waals surface area contributed by atoms with Crippen LogP contribution < -0.4 is 4.74 Å². The van der Waals surface area contributed by atoms with Gasteiger partial charge in [0.15, 0.2) is 0 Å². The van der Waals surface area contributed by atoms with Crippen molar-refractivity contribution in [3.63, 3.8) is 0 Å². The van der Waals surface area contributed by atoms with Crippen molar-refractivity contribution in [1.82, 2.24) is 29.6 Å². The van der Waals surface area contributed by atoms with Crippen molar-refractivity contribution in [1.29, 1.82) is 0 Å². The fraction of sp³-hybridized carbons (Fsp3) is 0.421. The minimum absolute atomic E-state index is 0.598. The number of hydrogen-bond donors (Lipinski definition) is 1. The minimum atomic E-state index is 0.598. The van der Waals surface area contributed by atoms with E-state index in [0.717, 1.165) is 71.7 Å². The van der Waals surface area contributed by atoms with E-state index in [1.165, 1.54) is 0 Å². The fourth-order valence-corrected chi connectivity index (χ4v) is 3.73. The number of nitrogens with zero attached hydrogens (tertiary/aromatic N) is 5. The average Bonchev–Trinajstić information content (AvgIpc) is 3.24. The molecule has 0 spiro atoms. The maximum Gasteiger partial charge on any atom is 0.212 e. The standard InChI is InChI=1S/C19H23ClN6O/c1-4-14-13(18(20)25(2)24-14)10-26-8-7-15-16(11-26)23-19(22-15)12-5-6-17(27-3)21-9-12/h5-6,9H,4,7-8,10-11H2,1-3H3,(H,22,23). The lowest BCUT2D eigenvalue weighted by Gasteiger charge is -2.26. The maximum atomic E-state index is 6.46. The van der Waals surface area contributed by atoms with E-state index in [9.17, 15) is 0 Å². The summed E-state index contributed by atoms with van der Waals surface area (Å²) in [5.41, 5.74) is 5.45. The van der Waals surface area contributed by atoms with E-state index in [-0.39, 0.29) is 0 Å². The number of halogens is 1. The second-order valence-electron chi connectivity index (χ2n) is 6.75. The molecule has 0 saturated heterocycles. The molecule has 0 unspecified atom stereocenters. The van der Waals surface area contributed by atoms with Crippen molar-refractivity contribution in [2.75, 3.05) is 13.7 Å². The second kappa shape index (κ2) is 7.32. The van der Waals surface area contributed by atoms with Gasteiger partial charge in [0.1, 0.15) is 11.0 Å². The molecule has 8 heteroatoms. The highest BCUT2D eigenvalue weighted by Gasteiger charge is 2.23. The molecule has 3 aromatic rings. The third kappa shape index (κ3) is 3.44. The zero-order chi connectivity index (χ0) is 19.0. The lowest BCUT2D eigenvalue weighted by molar-refractivity contribution is 0.241. The summed E-state index contributed by atoms with van der Waals surface area (Å²) in [6, 6.07) is 3.82. The predicted octanol–water partition coefficient (Wildman–Crippen LogP) is 2.99. The van der Waals surface area contributed by atoms with E-state index in [0.29, 0.717) is 5.88 Å². The zero-order valence-corrected chi connectivity index (χ0v) is 16.5. The second-order valence-corrected chi connectivity index (χ2v) is 7.11. The number of H-pyrrole nitrogens is 1. The number of pyridine rings is 1. The molecule has 7 nitrogen and oxygen atoms in total. The molecule has 3 aromatic heterocycles. The molecule has 27 heavy (non-hydrogen) atoms. The smallest absolute Gasteiger partial charge is 0.212 e. The van der Waals surface area contributed by atoms with Gasteiger partial charge in [0.25, 0.3) is 0 Å². The van der Waals surface area contributed by atoms with Gasteiger partial charge in [-0.15, -0.1) is 0 Å². The third-order valence-corrected chi connectivity index (χ3v) is 5.47. The van der Waals surface area contributed by atoms with Gasteiger partial charge < -0.3 is 9.72 Å². The van der Waals surface area contributed by atoms with Crippen LogP contribution in [0.15, 0.2) is 18.3 Å². The van der Waals surface area contributed by atoms with Crippen LogP contribution in [0.2, 0.25) is 5.15 Å². The molecule has 142 valence electrons. The van der Waals surface area contributed by atoms with Crippen LogP contribution in [0, 0.1) is 0 Å². The predicted molar refractivity (Wildman–Crippen MR) is 104 cm³/mol. The van der Waals surface area contributed by atoms with Crippen molar-refractivity contribution < 1.29 is 4.74 Å². The Labute approximate surface area is 163 Å². The number of fused-ring (bicyclic) bond motifs is 1. The van der Waals surface area contributed by atoms with Crippen LogP contribution in [0.1, 0.15) is 29.6 Å². The molecule has 0 fully saturated rings. The Morgan fingerprint density at radius 3 is 2.89 bits per heavy atom. The van der Waals surface area contributed by atoms with Crippen molar-refractivity contribution in [3.05, 3.63) is 46.1 Å². The first kappa shape index (κ1) is 18.0. The minimum Gasteiger partial charge on any atom is -0.481 e. The first-order chi connectivity index (χ1) is 13.1. The van der Waals surface area contributed by atoms with Crippen LogP contribution in [0.4, 0.5) is 0 Å². The molecule has 0 aliphatic carbocycles. The zero-order valence-electron chi connectivity index (χ0n) is 15.8. The highest BCUT2D eigenvalue weighted by Crippen LogP contribution is 2.27. The Balaban J connectivity index is 1.53. The summed E-state index contributed by atoms with van der Waals surface area (Å²) >= 11 is 6.46. The van der Waals surface area contributed by atoms with Gasteiger partial charge in [-0.2, -0.15) is 5.10 Å². The van der Waals surface area contributed by atoms with Crippen LogP contribution in [0.3, 0.4) is 0 Å². The van der Waals surface area contributed by atoms with E-state index in [1.54, 1.807) is 18.0 Å². The number of aromatic nitrogens is 5. The number of hydrogen-bond acceptors (Lipinski definition) is 5. The summed E-state index contributed by atoms with van der Waals surface area (Å²) < 4.78 is 6.88. The number of nitrogens with one attached hydrogen (secondary N) is 1. The Bertz CT molecular complexity index is 946. The Morgan fingerprint density at radius 1 is 1.33 bits per heavy atom. The monoisotopic (exact) mass is 386 g/mol. The van der Waals surface area contributed by atoms with Gasteiger partial charge in [-0.05, 0) is 12.5 Å². The molecule has 1 N–H and O–H groups in total. The summed E-state index contributed by atoms with van der Waals surface area (Å²) in [5, 5.41) is 5.25. The van der Waals surface area contributed by atoms with Gasteiger partial charge in [-0.25, -0.2) is 9.97 Å². The summed E-state index contributed by atoms with van der Waals surface area (Å²) in [7, 11) is 3.50. The van der Waals surface area contributed by atoms with Crippen molar-refractivity contribution in [2.45, 2.75) is 32.9 Å². The summed E-state index contributed by atoms with van der Waals surface area (Å²) in [6.07, 6.45) is 3.58. The number of aryl methyl sites for hydroxylation is 2.